The van der Waals surface area contributed by atoms with Crippen molar-refractivity contribution in [1.29, 1.82) is 0 Å². The van der Waals surface area contributed by atoms with Crippen LogP contribution in [0.15, 0.2) is 41.8 Å². The van der Waals surface area contributed by atoms with Crippen LogP contribution in [0, 0.1) is 24.6 Å². The maximum atomic E-state index is 14.2. The van der Waals surface area contributed by atoms with E-state index < -0.39 is 34.1 Å². The third-order valence-electron chi connectivity index (χ3n) is 4.47. The van der Waals surface area contributed by atoms with Gasteiger partial charge >= 0.3 is 0 Å². The summed E-state index contributed by atoms with van der Waals surface area (Å²) in [5.74, 6) is 0.966. The van der Waals surface area contributed by atoms with Gasteiger partial charge in [-0.3, -0.25) is 0 Å². The van der Waals surface area contributed by atoms with Crippen LogP contribution in [-0.4, -0.2) is 25.7 Å². The zero-order valence-corrected chi connectivity index (χ0v) is 16.4. The van der Waals surface area contributed by atoms with Gasteiger partial charge in [0, 0.05) is 35.4 Å². The van der Waals surface area contributed by atoms with Gasteiger partial charge in [-0.1, -0.05) is 18.4 Å². The summed E-state index contributed by atoms with van der Waals surface area (Å²) in [5.41, 5.74) is 0.0384. The van der Waals surface area contributed by atoms with Crippen molar-refractivity contribution >= 4 is 9.84 Å². The van der Waals surface area contributed by atoms with E-state index in [1.807, 2.05) is 0 Å². The minimum atomic E-state index is -3.88. The van der Waals surface area contributed by atoms with E-state index in [1.165, 1.54) is 31.2 Å². The fraction of sp³-hybridized carbons (Fsp3) is 0.238. The van der Waals surface area contributed by atoms with Gasteiger partial charge in [0.2, 0.25) is 0 Å². The molecule has 3 rings (SSSR count). The summed E-state index contributed by atoms with van der Waals surface area (Å²) >= 11 is 0. The maximum Gasteiger partial charge on any atom is 0.281 e. The first-order valence-electron chi connectivity index (χ1n) is 8.47. The molecular formula is C21H17F3O4S. The highest BCUT2D eigenvalue weighted by Gasteiger charge is 2.50. The second-order valence-corrected chi connectivity index (χ2v) is 8.76. The predicted octanol–water partition coefficient (Wildman–Crippen LogP) is 4.09. The molecule has 0 bridgehead atoms. The van der Waals surface area contributed by atoms with Gasteiger partial charge in [0.1, 0.15) is 23.4 Å². The average molecular weight is 422 g/mol. The summed E-state index contributed by atoms with van der Waals surface area (Å²) in [6.07, 6.45) is -0.980. The lowest BCUT2D eigenvalue weighted by atomic mass is 10.0. The number of rotatable bonds is 3. The highest BCUT2D eigenvalue weighted by molar-refractivity contribution is 7.90. The lowest BCUT2D eigenvalue weighted by molar-refractivity contribution is -0.0976. The number of hydrogen-bond donors (Lipinski definition) is 1. The van der Waals surface area contributed by atoms with E-state index in [2.05, 4.69) is 18.4 Å². The number of fused-ring (bicyclic) bond motifs is 1. The first-order chi connectivity index (χ1) is 13.4. The maximum absolute atomic E-state index is 14.2. The van der Waals surface area contributed by atoms with Crippen LogP contribution in [0.25, 0.3) is 0 Å². The van der Waals surface area contributed by atoms with E-state index >= 15 is 0 Å². The SMILES string of the molecule is C=CC#Cc1cc(F)cc(Oc2c(C)cc(S(C)(=O)=O)c3c2CC(F)(F)C3O)c1. The third-order valence-corrected chi connectivity index (χ3v) is 5.60. The fourth-order valence-corrected chi connectivity index (χ4v) is 4.29. The van der Waals surface area contributed by atoms with Crippen molar-refractivity contribution in [3.63, 3.8) is 0 Å². The van der Waals surface area contributed by atoms with Crippen LogP contribution in [0.1, 0.15) is 28.4 Å². The van der Waals surface area contributed by atoms with Crippen LogP contribution in [0.5, 0.6) is 11.5 Å². The van der Waals surface area contributed by atoms with Crippen molar-refractivity contribution in [2.45, 2.75) is 30.3 Å². The van der Waals surface area contributed by atoms with Gasteiger partial charge in [0.25, 0.3) is 5.92 Å². The summed E-state index contributed by atoms with van der Waals surface area (Å²) in [4.78, 5) is -0.376. The van der Waals surface area contributed by atoms with E-state index in [0.29, 0.717) is 0 Å². The number of aliphatic hydroxyl groups is 1. The lowest BCUT2D eigenvalue weighted by Crippen LogP contribution is -2.22. The van der Waals surface area contributed by atoms with Crippen molar-refractivity contribution in [3.05, 3.63) is 65.0 Å². The zero-order valence-electron chi connectivity index (χ0n) is 15.6. The number of aliphatic hydroxyl groups excluding tert-OH is 1. The van der Waals surface area contributed by atoms with E-state index in [9.17, 15) is 26.7 Å². The normalized spacial score (nSPS) is 17.2. The van der Waals surface area contributed by atoms with Gasteiger partial charge in [-0.2, -0.15) is 0 Å². The molecule has 0 spiro atoms. The number of sulfone groups is 1. The second kappa shape index (κ2) is 7.25. The molecule has 1 aliphatic rings. The molecule has 1 aliphatic carbocycles. The molecule has 0 aliphatic heterocycles. The molecule has 0 amide bonds. The first kappa shape index (κ1) is 21.0. The molecule has 0 saturated heterocycles. The minimum absolute atomic E-state index is 0.000439. The Labute approximate surface area is 166 Å². The molecule has 2 aromatic rings. The molecule has 8 heteroatoms. The van der Waals surface area contributed by atoms with Gasteiger partial charge < -0.3 is 9.84 Å². The summed E-state index contributed by atoms with van der Waals surface area (Å²) in [7, 11) is -3.88. The summed E-state index contributed by atoms with van der Waals surface area (Å²) < 4.78 is 72.3. The Kier molecular flexibility index (Phi) is 5.24. The predicted molar refractivity (Wildman–Crippen MR) is 101 cm³/mol. The van der Waals surface area contributed by atoms with Crippen LogP contribution in [0.2, 0.25) is 0 Å². The van der Waals surface area contributed by atoms with E-state index in [-0.39, 0.29) is 38.6 Å². The first-order valence-corrected chi connectivity index (χ1v) is 10.4. The van der Waals surface area contributed by atoms with Crippen LogP contribution in [0.4, 0.5) is 13.2 Å². The van der Waals surface area contributed by atoms with Gasteiger partial charge in [0.15, 0.2) is 9.84 Å². The third kappa shape index (κ3) is 4.02. The molecule has 1 N–H and O–H groups in total. The molecule has 0 aromatic heterocycles. The second-order valence-electron chi connectivity index (χ2n) is 6.78. The van der Waals surface area contributed by atoms with Gasteiger partial charge in [-0.05, 0) is 36.8 Å². The number of allylic oxidation sites excluding steroid dienone is 1. The van der Waals surface area contributed by atoms with Crippen LogP contribution in [0.3, 0.4) is 0 Å². The highest BCUT2D eigenvalue weighted by atomic mass is 32.2. The largest absolute Gasteiger partial charge is 0.457 e. The minimum Gasteiger partial charge on any atom is -0.457 e. The van der Waals surface area contributed by atoms with Gasteiger partial charge in [-0.25, -0.2) is 21.6 Å². The molecular weight excluding hydrogens is 405 g/mol. The smallest absolute Gasteiger partial charge is 0.281 e. The number of ether oxygens (including phenoxy) is 1. The van der Waals surface area contributed by atoms with Gasteiger partial charge in [-0.15, -0.1) is 0 Å². The topological polar surface area (TPSA) is 63.6 Å². The Morgan fingerprint density at radius 2 is 2.00 bits per heavy atom. The zero-order chi connectivity index (χ0) is 21.6. The highest BCUT2D eigenvalue weighted by Crippen LogP contribution is 2.50. The Hall–Kier alpha value is -2.76. The van der Waals surface area contributed by atoms with Crippen LogP contribution < -0.4 is 4.74 Å². The van der Waals surface area contributed by atoms with Crippen molar-refractivity contribution in [3.8, 4) is 23.3 Å². The number of halogens is 3. The molecule has 1 unspecified atom stereocenters. The standard InChI is InChI=1S/C21H17F3O4S/c1-4-5-6-13-8-14(22)10-15(9-13)28-19-12(2)7-17(29(3,26)27)18-16(19)11-21(23,24)20(18)25/h4,7-10,20,25H,1,11H2,2-3H3. The molecule has 0 radical (unpaired) electrons. The molecule has 2 aromatic carbocycles. The number of benzene rings is 2. The summed E-state index contributed by atoms with van der Waals surface area (Å²) in [6.45, 7) is 4.94. The molecule has 0 fully saturated rings. The molecule has 0 saturated carbocycles. The molecule has 1 atom stereocenters. The molecule has 29 heavy (non-hydrogen) atoms. The van der Waals surface area contributed by atoms with Crippen LogP contribution >= 0.6 is 0 Å². The van der Waals surface area contributed by atoms with Crippen molar-refractivity contribution in [2.75, 3.05) is 6.26 Å². The average Bonchev–Trinajstić information content (AvgIpc) is 2.84. The van der Waals surface area contributed by atoms with Crippen LogP contribution in [-0.2, 0) is 16.3 Å². The monoisotopic (exact) mass is 422 g/mol. The van der Waals surface area contributed by atoms with Crippen molar-refractivity contribution in [2.24, 2.45) is 0 Å². The Balaban J connectivity index is 2.18. The fourth-order valence-electron chi connectivity index (χ4n) is 3.26. The number of alkyl halides is 2. The lowest BCUT2D eigenvalue weighted by Gasteiger charge is -2.17. The quantitative estimate of drug-likeness (QED) is 0.757. The number of hydrogen-bond acceptors (Lipinski definition) is 4. The Morgan fingerprint density at radius 1 is 1.31 bits per heavy atom. The van der Waals surface area contributed by atoms with Gasteiger partial charge in [0.05, 0.1) is 4.90 Å². The van der Waals surface area contributed by atoms with E-state index in [0.717, 1.165) is 12.3 Å². The Morgan fingerprint density at radius 3 is 2.62 bits per heavy atom. The van der Waals surface area contributed by atoms with Crippen molar-refractivity contribution in [1.82, 2.24) is 0 Å². The van der Waals surface area contributed by atoms with Crippen molar-refractivity contribution < 1.29 is 31.4 Å². The summed E-state index contributed by atoms with van der Waals surface area (Å²) in [5, 5.41) is 10.1. The summed E-state index contributed by atoms with van der Waals surface area (Å²) in [6, 6.07) is 4.81. The molecule has 4 nitrogen and oxygen atoms in total. The number of aryl methyl sites for hydroxylation is 1. The Bertz CT molecular complexity index is 1170. The molecule has 0 heterocycles. The van der Waals surface area contributed by atoms with E-state index in [4.69, 9.17) is 4.74 Å². The van der Waals surface area contributed by atoms with E-state index in [1.54, 1.807) is 0 Å². The molecule has 152 valence electrons.